The third-order valence-electron chi connectivity index (χ3n) is 5.12. The van der Waals surface area contributed by atoms with Crippen molar-refractivity contribution < 1.29 is 0 Å². The van der Waals surface area contributed by atoms with Crippen LogP contribution in [0.3, 0.4) is 0 Å². The Morgan fingerprint density at radius 1 is 1.15 bits per heavy atom. The minimum Gasteiger partial charge on any atom is -0.313 e. The van der Waals surface area contributed by atoms with Crippen LogP contribution in [-0.2, 0) is 0 Å². The van der Waals surface area contributed by atoms with Crippen molar-refractivity contribution in [2.75, 3.05) is 6.54 Å². The topological polar surface area (TPSA) is 12.0 Å². The molecule has 1 nitrogen and oxygen atoms in total. The lowest BCUT2D eigenvalue weighted by molar-refractivity contribution is 0.164. The summed E-state index contributed by atoms with van der Waals surface area (Å²) in [7, 11) is 0. The molecule has 0 aromatic heterocycles. The smallest absolute Gasteiger partial charge is 0.0118 e. The maximum Gasteiger partial charge on any atom is 0.0118 e. The number of benzene rings is 1. The standard InChI is InChI=1S/C19H31N/c1-15(2)17(16-10-6-5-7-11-16)14-20-18-12-8-9-13-19(18,3)4/h5-7,10-11,15,17-18,20H,8-9,12-14H2,1-4H3. The molecule has 0 heterocycles. The molecule has 0 amide bonds. The molecule has 1 N–H and O–H groups in total. The van der Waals surface area contributed by atoms with E-state index in [1.165, 1.54) is 31.2 Å². The minimum atomic E-state index is 0.455. The van der Waals surface area contributed by atoms with E-state index in [-0.39, 0.29) is 0 Å². The van der Waals surface area contributed by atoms with Gasteiger partial charge in [0.25, 0.3) is 0 Å². The zero-order valence-corrected chi connectivity index (χ0v) is 13.7. The summed E-state index contributed by atoms with van der Waals surface area (Å²) in [6.45, 7) is 10.6. The highest BCUT2D eigenvalue weighted by Crippen LogP contribution is 2.36. The molecule has 1 saturated carbocycles. The Balaban J connectivity index is 1.99. The number of hydrogen-bond acceptors (Lipinski definition) is 1. The molecule has 1 heteroatoms. The zero-order valence-electron chi connectivity index (χ0n) is 13.7. The molecule has 112 valence electrons. The number of hydrogen-bond donors (Lipinski definition) is 1. The molecule has 2 rings (SSSR count). The lowest BCUT2D eigenvalue weighted by atomic mass is 9.73. The summed E-state index contributed by atoms with van der Waals surface area (Å²) in [6.07, 6.45) is 5.49. The van der Waals surface area contributed by atoms with Crippen molar-refractivity contribution in [3.8, 4) is 0 Å². The fraction of sp³-hybridized carbons (Fsp3) is 0.684. The quantitative estimate of drug-likeness (QED) is 0.797. The van der Waals surface area contributed by atoms with Gasteiger partial charge in [0.2, 0.25) is 0 Å². The molecule has 1 aliphatic rings. The molecule has 0 spiro atoms. The van der Waals surface area contributed by atoms with Crippen molar-refractivity contribution in [2.24, 2.45) is 11.3 Å². The van der Waals surface area contributed by atoms with Gasteiger partial charge in [0.05, 0.1) is 0 Å². The fourth-order valence-electron chi connectivity index (χ4n) is 3.58. The molecule has 0 bridgehead atoms. The van der Waals surface area contributed by atoms with Crippen molar-refractivity contribution >= 4 is 0 Å². The average molecular weight is 273 g/mol. The lowest BCUT2D eigenvalue weighted by Gasteiger charge is -2.40. The monoisotopic (exact) mass is 273 g/mol. The molecule has 0 aliphatic heterocycles. The summed E-state index contributed by atoms with van der Waals surface area (Å²) in [4.78, 5) is 0. The van der Waals surface area contributed by atoms with Crippen LogP contribution in [0.1, 0.15) is 64.9 Å². The molecule has 1 aromatic carbocycles. The number of nitrogens with one attached hydrogen (secondary N) is 1. The van der Waals surface area contributed by atoms with Crippen LogP contribution in [0.5, 0.6) is 0 Å². The lowest BCUT2D eigenvalue weighted by Crippen LogP contribution is -2.45. The van der Waals surface area contributed by atoms with Crippen LogP contribution >= 0.6 is 0 Å². The summed E-state index contributed by atoms with van der Waals surface area (Å²) in [5.41, 5.74) is 1.93. The first-order valence-corrected chi connectivity index (χ1v) is 8.29. The van der Waals surface area contributed by atoms with Crippen molar-refractivity contribution in [1.82, 2.24) is 5.32 Å². The van der Waals surface area contributed by atoms with E-state index in [4.69, 9.17) is 0 Å². The van der Waals surface area contributed by atoms with E-state index in [0.717, 1.165) is 6.54 Å². The second kappa shape index (κ2) is 6.76. The van der Waals surface area contributed by atoms with Gasteiger partial charge in [-0.25, -0.2) is 0 Å². The van der Waals surface area contributed by atoms with Crippen molar-refractivity contribution in [1.29, 1.82) is 0 Å². The van der Waals surface area contributed by atoms with Crippen LogP contribution in [0.15, 0.2) is 30.3 Å². The molecule has 1 aliphatic carbocycles. The van der Waals surface area contributed by atoms with E-state index in [2.05, 4.69) is 63.3 Å². The molecule has 2 unspecified atom stereocenters. The Labute approximate surface area is 125 Å². The first-order valence-electron chi connectivity index (χ1n) is 8.29. The van der Waals surface area contributed by atoms with E-state index >= 15 is 0 Å². The van der Waals surface area contributed by atoms with Gasteiger partial charge >= 0.3 is 0 Å². The first-order chi connectivity index (χ1) is 9.50. The molecule has 2 atom stereocenters. The summed E-state index contributed by atoms with van der Waals surface area (Å²) in [5, 5.41) is 3.89. The van der Waals surface area contributed by atoms with Gasteiger partial charge < -0.3 is 5.32 Å². The van der Waals surface area contributed by atoms with Crippen molar-refractivity contribution in [3.05, 3.63) is 35.9 Å². The average Bonchev–Trinajstić information content (AvgIpc) is 2.41. The van der Waals surface area contributed by atoms with E-state index < -0.39 is 0 Å². The highest BCUT2D eigenvalue weighted by Gasteiger charge is 2.32. The van der Waals surface area contributed by atoms with Gasteiger partial charge in [0.15, 0.2) is 0 Å². The van der Waals surface area contributed by atoms with Gasteiger partial charge in [-0.2, -0.15) is 0 Å². The van der Waals surface area contributed by atoms with Gasteiger partial charge in [0.1, 0.15) is 0 Å². The third-order valence-corrected chi connectivity index (χ3v) is 5.12. The molecule has 20 heavy (non-hydrogen) atoms. The van der Waals surface area contributed by atoms with E-state index in [1.54, 1.807) is 0 Å². The molecular formula is C19H31N. The van der Waals surface area contributed by atoms with E-state index in [1.807, 2.05) is 0 Å². The summed E-state index contributed by atoms with van der Waals surface area (Å²) in [5.74, 6) is 1.30. The molecule has 0 radical (unpaired) electrons. The number of rotatable bonds is 5. The van der Waals surface area contributed by atoms with Gasteiger partial charge in [-0.1, -0.05) is 70.9 Å². The van der Waals surface area contributed by atoms with Gasteiger partial charge in [-0.15, -0.1) is 0 Å². The zero-order chi connectivity index (χ0) is 14.6. The molecule has 0 saturated heterocycles. The van der Waals surface area contributed by atoms with Crippen LogP contribution in [0.4, 0.5) is 0 Å². The van der Waals surface area contributed by atoms with Crippen LogP contribution < -0.4 is 5.32 Å². The van der Waals surface area contributed by atoms with Crippen LogP contribution in [0.2, 0.25) is 0 Å². The maximum atomic E-state index is 3.89. The third kappa shape index (κ3) is 3.85. The maximum absolute atomic E-state index is 3.89. The largest absolute Gasteiger partial charge is 0.313 e. The molecule has 1 aromatic rings. The second-order valence-electron chi connectivity index (χ2n) is 7.46. The summed E-state index contributed by atoms with van der Waals surface area (Å²) in [6, 6.07) is 11.7. The van der Waals surface area contributed by atoms with Crippen LogP contribution in [-0.4, -0.2) is 12.6 Å². The Morgan fingerprint density at radius 3 is 2.45 bits per heavy atom. The van der Waals surface area contributed by atoms with Gasteiger partial charge in [-0.3, -0.25) is 0 Å². The second-order valence-corrected chi connectivity index (χ2v) is 7.46. The molecular weight excluding hydrogens is 242 g/mol. The minimum absolute atomic E-state index is 0.455. The van der Waals surface area contributed by atoms with Crippen LogP contribution in [0.25, 0.3) is 0 Å². The Kier molecular flexibility index (Phi) is 5.26. The fourth-order valence-corrected chi connectivity index (χ4v) is 3.58. The highest BCUT2D eigenvalue weighted by molar-refractivity contribution is 5.20. The van der Waals surface area contributed by atoms with Crippen molar-refractivity contribution in [3.63, 3.8) is 0 Å². The predicted molar refractivity (Wildman–Crippen MR) is 88.1 cm³/mol. The summed E-state index contributed by atoms with van der Waals surface area (Å²) >= 11 is 0. The summed E-state index contributed by atoms with van der Waals surface area (Å²) < 4.78 is 0. The first kappa shape index (κ1) is 15.6. The Bertz CT molecular complexity index is 393. The predicted octanol–water partition coefficient (Wildman–Crippen LogP) is 4.98. The van der Waals surface area contributed by atoms with E-state index in [0.29, 0.717) is 23.3 Å². The van der Waals surface area contributed by atoms with Crippen molar-refractivity contribution in [2.45, 2.75) is 65.3 Å². The van der Waals surface area contributed by atoms with Gasteiger partial charge in [-0.05, 0) is 35.7 Å². The highest BCUT2D eigenvalue weighted by atomic mass is 14.9. The molecule has 1 fully saturated rings. The van der Waals surface area contributed by atoms with E-state index in [9.17, 15) is 0 Å². The van der Waals surface area contributed by atoms with Gasteiger partial charge in [0, 0.05) is 12.6 Å². The normalized spacial score (nSPS) is 23.8. The van der Waals surface area contributed by atoms with Crippen LogP contribution in [0, 0.1) is 11.3 Å². The SMILES string of the molecule is CC(C)C(CNC1CCCCC1(C)C)c1ccccc1. The Hall–Kier alpha value is -0.820. The Morgan fingerprint density at radius 2 is 1.85 bits per heavy atom.